The molecule has 0 spiro atoms. The van der Waals surface area contributed by atoms with E-state index >= 15 is 0 Å². The van der Waals surface area contributed by atoms with Crippen LogP contribution in [0.15, 0.2) is 42.5 Å². The van der Waals surface area contributed by atoms with Crippen LogP contribution in [0.4, 0.5) is 0 Å². The summed E-state index contributed by atoms with van der Waals surface area (Å²) in [5.41, 5.74) is 10.9. The number of aliphatic carboxylic acids is 1. The van der Waals surface area contributed by atoms with E-state index in [0.717, 1.165) is 23.1 Å². The van der Waals surface area contributed by atoms with E-state index in [1.165, 1.54) is 11.1 Å². The molecule has 0 fully saturated rings. The smallest absolute Gasteiger partial charge is 0.321 e. The van der Waals surface area contributed by atoms with Crippen molar-refractivity contribution in [3.63, 3.8) is 0 Å². The van der Waals surface area contributed by atoms with E-state index in [4.69, 9.17) is 15.6 Å². The van der Waals surface area contributed by atoms with Gasteiger partial charge in [-0.1, -0.05) is 42.5 Å². The van der Waals surface area contributed by atoms with Gasteiger partial charge in [-0.25, -0.2) is 0 Å². The number of carbonyl (C=O) groups excluding carboxylic acids is 1. The molecule has 0 bridgehead atoms. The number of carboxylic acid groups (broad SMARTS) is 1. The molecule has 1 atom stereocenters. The zero-order chi connectivity index (χ0) is 16.4. The molecule has 0 aromatic heterocycles. The summed E-state index contributed by atoms with van der Waals surface area (Å²) in [5.74, 6) is -3.37. The molecule has 5 heteroatoms. The van der Waals surface area contributed by atoms with E-state index in [2.05, 4.69) is 12.1 Å². The molecule has 1 aliphatic rings. The van der Waals surface area contributed by atoms with Crippen LogP contribution >= 0.6 is 0 Å². The first kappa shape index (κ1) is 15.2. The van der Waals surface area contributed by atoms with Gasteiger partial charge in [-0.15, -0.1) is 0 Å². The van der Waals surface area contributed by atoms with Crippen molar-refractivity contribution in [1.82, 2.24) is 0 Å². The molecule has 1 aliphatic carbocycles. The first-order chi connectivity index (χ1) is 11.1. The predicted octanol–water partition coefficient (Wildman–Crippen LogP) is 1.96. The van der Waals surface area contributed by atoms with Gasteiger partial charge in [0.15, 0.2) is 5.92 Å². The minimum Gasteiger partial charge on any atom is -0.481 e. The average molecular weight is 311 g/mol. The Balaban J connectivity index is 1.79. The monoisotopic (exact) mass is 311 g/mol. The standard InChI is InChI=1S/C18H17NO4/c19-9-16(17(20)21)18(22)23-10-12-5-3-7-14-13-6-2-1-4-11(13)8-15(12)14/h1-7,16H,8-10,19H2,(H,20,21). The lowest BCUT2D eigenvalue weighted by Gasteiger charge is -2.12. The van der Waals surface area contributed by atoms with Crippen molar-refractivity contribution in [3.05, 3.63) is 59.2 Å². The third-order valence-corrected chi connectivity index (χ3v) is 4.14. The van der Waals surface area contributed by atoms with Crippen LogP contribution in [-0.2, 0) is 27.4 Å². The number of carboxylic acids is 1. The largest absolute Gasteiger partial charge is 0.481 e. The molecule has 3 N–H and O–H groups in total. The predicted molar refractivity (Wildman–Crippen MR) is 84.7 cm³/mol. The molecule has 2 aromatic carbocycles. The molecule has 0 aliphatic heterocycles. The molecule has 1 unspecified atom stereocenters. The van der Waals surface area contributed by atoms with Gasteiger partial charge in [-0.3, -0.25) is 9.59 Å². The Kier molecular flexibility index (Phi) is 4.12. The molecule has 2 aromatic rings. The maximum atomic E-state index is 11.8. The van der Waals surface area contributed by atoms with Crippen LogP contribution in [0.1, 0.15) is 16.7 Å². The van der Waals surface area contributed by atoms with E-state index < -0.39 is 17.9 Å². The summed E-state index contributed by atoms with van der Waals surface area (Å²) in [6, 6.07) is 14.0. The molecule has 0 saturated carbocycles. The van der Waals surface area contributed by atoms with Gasteiger partial charge in [0, 0.05) is 6.54 Å². The quantitative estimate of drug-likeness (QED) is 0.555. The van der Waals surface area contributed by atoms with Crippen LogP contribution in [0.3, 0.4) is 0 Å². The summed E-state index contributed by atoms with van der Waals surface area (Å²) in [6.07, 6.45) is 0.790. The van der Waals surface area contributed by atoms with Crippen molar-refractivity contribution >= 4 is 11.9 Å². The number of rotatable bonds is 5. The molecule has 23 heavy (non-hydrogen) atoms. The van der Waals surface area contributed by atoms with Crippen molar-refractivity contribution in [2.24, 2.45) is 11.7 Å². The summed E-state index contributed by atoms with van der Waals surface area (Å²) < 4.78 is 5.17. The fourth-order valence-electron chi connectivity index (χ4n) is 2.91. The summed E-state index contributed by atoms with van der Waals surface area (Å²) >= 11 is 0. The van der Waals surface area contributed by atoms with Crippen LogP contribution in [-0.4, -0.2) is 23.6 Å². The molecular formula is C18H17NO4. The van der Waals surface area contributed by atoms with Gasteiger partial charge < -0.3 is 15.6 Å². The molecule has 0 heterocycles. The Morgan fingerprint density at radius 2 is 1.87 bits per heavy atom. The van der Waals surface area contributed by atoms with Crippen LogP contribution in [0.5, 0.6) is 0 Å². The third kappa shape index (κ3) is 2.83. The molecular weight excluding hydrogens is 294 g/mol. The second-order valence-corrected chi connectivity index (χ2v) is 5.51. The SMILES string of the molecule is NCC(C(=O)O)C(=O)OCc1cccc2c1Cc1ccccc1-2. The van der Waals surface area contributed by atoms with Gasteiger partial charge in [-0.05, 0) is 34.2 Å². The topological polar surface area (TPSA) is 89.6 Å². The minimum atomic E-state index is -1.32. The number of benzene rings is 2. The highest BCUT2D eigenvalue weighted by Crippen LogP contribution is 2.38. The molecule has 0 radical (unpaired) electrons. The maximum Gasteiger partial charge on any atom is 0.321 e. The van der Waals surface area contributed by atoms with Crippen molar-refractivity contribution < 1.29 is 19.4 Å². The Morgan fingerprint density at radius 1 is 1.13 bits per heavy atom. The van der Waals surface area contributed by atoms with Crippen molar-refractivity contribution in [2.45, 2.75) is 13.0 Å². The van der Waals surface area contributed by atoms with Gasteiger partial charge in [0.1, 0.15) is 6.61 Å². The van der Waals surface area contributed by atoms with E-state index in [9.17, 15) is 9.59 Å². The molecule has 0 amide bonds. The van der Waals surface area contributed by atoms with Crippen LogP contribution in [0, 0.1) is 5.92 Å². The van der Waals surface area contributed by atoms with Gasteiger partial charge in [0.05, 0.1) is 0 Å². The number of esters is 1. The molecule has 5 nitrogen and oxygen atoms in total. The van der Waals surface area contributed by atoms with E-state index in [1.807, 2.05) is 30.3 Å². The van der Waals surface area contributed by atoms with Gasteiger partial charge in [-0.2, -0.15) is 0 Å². The molecule has 118 valence electrons. The summed E-state index contributed by atoms with van der Waals surface area (Å²) in [4.78, 5) is 22.8. The number of hydrogen-bond acceptors (Lipinski definition) is 4. The first-order valence-electron chi connectivity index (χ1n) is 7.40. The lowest BCUT2D eigenvalue weighted by atomic mass is 10.0. The lowest BCUT2D eigenvalue weighted by molar-refractivity contribution is -0.159. The van der Waals surface area contributed by atoms with E-state index in [-0.39, 0.29) is 13.2 Å². The van der Waals surface area contributed by atoms with Crippen LogP contribution in [0.25, 0.3) is 11.1 Å². The average Bonchev–Trinajstić information content (AvgIpc) is 2.92. The highest BCUT2D eigenvalue weighted by molar-refractivity contribution is 5.94. The van der Waals surface area contributed by atoms with Crippen molar-refractivity contribution in [3.8, 4) is 11.1 Å². The number of carbonyl (C=O) groups is 2. The highest BCUT2D eigenvalue weighted by Gasteiger charge is 2.27. The van der Waals surface area contributed by atoms with Gasteiger partial charge in [0.2, 0.25) is 0 Å². The van der Waals surface area contributed by atoms with Crippen LogP contribution in [0.2, 0.25) is 0 Å². The summed E-state index contributed by atoms with van der Waals surface area (Å²) in [6.45, 7) is -0.216. The Morgan fingerprint density at radius 3 is 2.61 bits per heavy atom. The highest BCUT2D eigenvalue weighted by atomic mass is 16.5. The number of hydrogen-bond donors (Lipinski definition) is 2. The maximum absolute atomic E-state index is 11.8. The zero-order valence-corrected chi connectivity index (χ0v) is 12.5. The second kappa shape index (κ2) is 6.22. The van der Waals surface area contributed by atoms with E-state index in [1.54, 1.807) is 0 Å². The first-order valence-corrected chi connectivity index (χ1v) is 7.40. The normalized spacial score (nSPS) is 13.1. The summed E-state index contributed by atoms with van der Waals surface area (Å²) in [5, 5.41) is 8.93. The fraction of sp³-hybridized carbons (Fsp3) is 0.222. The third-order valence-electron chi connectivity index (χ3n) is 4.14. The second-order valence-electron chi connectivity index (χ2n) is 5.51. The number of ether oxygens (including phenoxy) is 1. The lowest BCUT2D eigenvalue weighted by Crippen LogP contribution is -2.32. The van der Waals surface area contributed by atoms with Gasteiger partial charge in [0.25, 0.3) is 0 Å². The molecule has 0 saturated heterocycles. The Hall–Kier alpha value is -2.66. The fourth-order valence-corrected chi connectivity index (χ4v) is 2.91. The van der Waals surface area contributed by atoms with Gasteiger partial charge >= 0.3 is 11.9 Å². The Labute approximate surface area is 133 Å². The number of nitrogens with two attached hydrogens (primary N) is 1. The van der Waals surface area contributed by atoms with E-state index in [0.29, 0.717) is 0 Å². The molecule has 3 rings (SSSR count). The van der Waals surface area contributed by atoms with Crippen LogP contribution < -0.4 is 5.73 Å². The Bertz CT molecular complexity index is 769. The zero-order valence-electron chi connectivity index (χ0n) is 12.5. The van der Waals surface area contributed by atoms with Crippen molar-refractivity contribution in [2.75, 3.05) is 6.54 Å². The minimum absolute atomic E-state index is 0.0553. The number of fused-ring (bicyclic) bond motifs is 3. The van der Waals surface area contributed by atoms with Crippen molar-refractivity contribution in [1.29, 1.82) is 0 Å². The summed E-state index contributed by atoms with van der Waals surface area (Å²) in [7, 11) is 0.